The zero-order chi connectivity index (χ0) is 12.7. The van der Waals surface area contributed by atoms with Crippen LogP contribution >= 0.6 is 23.4 Å². The van der Waals surface area contributed by atoms with Gasteiger partial charge >= 0.3 is 0 Å². The molecule has 0 amide bonds. The van der Waals surface area contributed by atoms with Gasteiger partial charge in [-0.1, -0.05) is 31.5 Å². The van der Waals surface area contributed by atoms with Crippen LogP contribution in [0, 0.1) is 5.82 Å². The molecule has 0 bridgehead atoms. The van der Waals surface area contributed by atoms with Crippen LogP contribution in [0.1, 0.15) is 19.4 Å². The Bertz CT molecular complexity index is 326. The molecule has 1 aromatic rings. The van der Waals surface area contributed by atoms with Crippen molar-refractivity contribution >= 4 is 23.4 Å². The molecule has 1 N–H and O–H groups in total. The van der Waals surface area contributed by atoms with E-state index in [0.717, 1.165) is 18.1 Å². The lowest BCUT2D eigenvalue weighted by atomic mass is 10.1. The Morgan fingerprint density at radius 3 is 2.76 bits per heavy atom. The van der Waals surface area contributed by atoms with Crippen LogP contribution in [0.3, 0.4) is 0 Å². The van der Waals surface area contributed by atoms with Gasteiger partial charge in [-0.2, -0.15) is 11.8 Å². The average molecular weight is 276 g/mol. The number of likely N-dealkylation sites (N-methyl/N-ethyl adjacent to an activating group) is 1. The van der Waals surface area contributed by atoms with Crippen molar-refractivity contribution in [2.24, 2.45) is 0 Å². The van der Waals surface area contributed by atoms with Gasteiger partial charge in [-0.05, 0) is 30.9 Å². The van der Waals surface area contributed by atoms with E-state index in [9.17, 15) is 4.39 Å². The molecule has 1 nitrogen and oxygen atoms in total. The largest absolute Gasteiger partial charge is 0.313 e. The first kappa shape index (κ1) is 14.8. The van der Waals surface area contributed by atoms with E-state index in [4.69, 9.17) is 11.6 Å². The van der Waals surface area contributed by atoms with Gasteiger partial charge in [0.15, 0.2) is 0 Å². The molecule has 0 spiro atoms. The van der Waals surface area contributed by atoms with Crippen LogP contribution in [0.2, 0.25) is 5.02 Å². The molecule has 0 aromatic heterocycles. The maximum absolute atomic E-state index is 13.7. The van der Waals surface area contributed by atoms with E-state index in [2.05, 4.69) is 19.2 Å². The van der Waals surface area contributed by atoms with Crippen LogP contribution < -0.4 is 5.32 Å². The van der Waals surface area contributed by atoms with Gasteiger partial charge in [-0.25, -0.2) is 4.39 Å². The summed E-state index contributed by atoms with van der Waals surface area (Å²) in [7, 11) is 0. The third kappa shape index (κ3) is 4.86. The van der Waals surface area contributed by atoms with Crippen molar-refractivity contribution in [2.75, 3.05) is 18.1 Å². The summed E-state index contributed by atoms with van der Waals surface area (Å²) in [4.78, 5) is 0. The summed E-state index contributed by atoms with van der Waals surface area (Å²) in [6, 6.07) is 5.14. The fourth-order valence-corrected chi connectivity index (χ4v) is 2.71. The topological polar surface area (TPSA) is 12.0 Å². The standard InChI is InChI=1S/C13H19ClFNS/c1-3-16-10(9-17-4-2)8-11-12(14)6-5-7-13(11)15/h5-7,10,16H,3-4,8-9H2,1-2H3. The molecule has 4 heteroatoms. The Morgan fingerprint density at radius 1 is 1.41 bits per heavy atom. The zero-order valence-electron chi connectivity index (χ0n) is 10.3. The minimum Gasteiger partial charge on any atom is -0.313 e. The summed E-state index contributed by atoms with van der Waals surface area (Å²) < 4.78 is 13.7. The lowest BCUT2D eigenvalue weighted by Crippen LogP contribution is -2.33. The molecule has 0 fully saturated rings. The summed E-state index contributed by atoms with van der Waals surface area (Å²) in [5.74, 6) is 1.85. The first-order chi connectivity index (χ1) is 8.19. The van der Waals surface area contributed by atoms with Crippen molar-refractivity contribution in [3.05, 3.63) is 34.6 Å². The van der Waals surface area contributed by atoms with Crippen molar-refractivity contribution in [3.8, 4) is 0 Å². The van der Waals surface area contributed by atoms with Crippen molar-refractivity contribution in [1.82, 2.24) is 5.32 Å². The highest BCUT2D eigenvalue weighted by Crippen LogP contribution is 2.21. The van der Waals surface area contributed by atoms with Crippen LogP contribution in [-0.2, 0) is 6.42 Å². The molecular weight excluding hydrogens is 257 g/mol. The van der Waals surface area contributed by atoms with Gasteiger partial charge in [0.1, 0.15) is 5.82 Å². The lowest BCUT2D eigenvalue weighted by molar-refractivity contribution is 0.545. The number of thioether (sulfide) groups is 1. The Labute approximate surface area is 112 Å². The number of nitrogens with one attached hydrogen (secondary N) is 1. The van der Waals surface area contributed by atoms with Gasteiger partial charge in [0, 0.05) is 22.4 Å². The number of hydrogen-bond acceptors (Lipinski definition) is 2. The van der Waals surface area contributed by atoms with E-state index in [0.29, 0.717) is 17.0 Å². The second kappa shape index (κ2) is 7.96. The highest BCUT2D eigenvalue weighted by Gasteiger charge is 2.13. The molecule has 0 saturated heterocycles. The van der Waals surface area contributed by atoms with E-state index in [-0.39, 0.29) is 11.9 Å². The van der Waals surface area contributed by atoms with Crippen LogP contribution in [0.4, 0.5) is 4.39 Å². The van der Waals surface area contributed by atoms with E-state index in [1.165, 1.54) is 6.07 Å². The highest BCUT2D eigenvalue weighted by atomic mass is 35.5. The van der Waals surface area contributed by atoms with E-state index < -0.39 is 0 Å². The number of halogens is 2. The first-order valence-electron chi connectivity index (χ1n) is 5.93. The summed E-state index contributed by atoms with van der Waals surface area (Å²) in [6.07, 6.45) is 0.645. The molecule has 1 unspecified atom stereocenters. The van der Waals surface area contributed by atoms with Crippen molar-refractivity contribution in [1.29, 1.82) is 0 Å². The summed E-state index contributed by atoms with van der Waals surface area (Å²) in [6.45, 7) is 5.08. The number of benzene rings is 1. The predicted octanol–water partition coefficient (Wildman–Crippen LogP) is 3.75. The smallest absolute Gasteiger partial charge is 0.127 e. The Morgan fingerprint density at radius 2 is 2.18 bits per heavy atom. The molecule has 1 rings (SSSR count). The summed E-state index contributed by atoms with van der Waals surface area (Å²) in [5, 5.41) is 3.90. The van der Waals surface area contributed by atoms with Crippen LogP contribution in [-0.4, -0.2) is 24.1 Å². The molecule has 96 valence electrons. The quantitative estimate of drug-likeness (QED) is 0.813. The SMILES string of the molecule is CCNC(CSCC)Cc1c(F)cccc1Cl. The molecule has 17 heavy (non-hydrogen) atoms. The maximum atomic E-state index is 13.7. The maximum Gasteiger partial charge on any atom is 0.127 e. The second-order valence-corrected chi connectivity index (χ2v) is 5.54. The average Bonchev–Trinajstić information content (AvgIpc) is 2.31. The van der Waals surface area contributed by atoms with E-state index in [1.807, 2.05) is 11.8 Å². The predicted molar refractivity (Wildman–Crippen MR) is 75.6 cm³/mol. The molecule has 0 aliphatic carbocycles. The molecule has 0 heterocycles. The molecule has 1 atom stereocenters. The summed E-state index contributed by atoms with van der Waals surface area (Å²) >= 11 is 7.89. The molecule has 0 saturated carbocycles. The van der Waals surface area contributed by atoms with Gasteiger partial charge in [0.25, 0.3) is 0 Å². The van der Waals surface area contributed by atoms with Gasteiger partial charge in [0.2, 0.25) is 0 Å². The van der Waals surface area contributed by atoms with E-state index >= 15 is 0 Å². The molecular formula is C13H19ClFNS. The summed E-state index contributed by atoms with van der Waals surface area (Å²) in [5.41, 5.74) is 0.622. The minimum atomic E-state index is -0.207. The Hall–Kier alpha value is -0.250. The molecule has 0 radical (unpaired) electrons. The lowest BCUT2D eigenvalue weighted by Gasteiger charge is -2.18. The van der Waals surface area contributed by atoms with Crippen LogP contribution in [0.15, 0.2) is 18.2 Å². The van der Waals surface area contributed by atoms with Gasteiger partial charge in [-0.15, -0.1) is 0 Å². The second-order valence-electron chi connectivity index (χ2n) is 3.82. The zero-order valence-corrected chi connectivity index (χ0v) is 11.9. The van der Waals surface area contributed by atoms with Gasteiger partial charge < -0.3 is 5.32 Å². The minimum absolute atomic E-state index is 0.207. The van der Waals surface area contributed by atoms with Crippen LogP contribution in [0.25, 0.3) is 0 Å². The fourth-order valence-electron chi connectivity index (χ4n) is 1.71. The monoisotopic (exact) mass is 275 g/mol. The fraction of sp³-hybridized carbons (Fsp3) is 0.538. The Kier molecular flexibility index (Phi) is 6.93. The normalized spacial score (nSPS) is 12.7. The van der Waals surface area contributed by atoms with Gasteiger partial charge in [0.05, 0.1) is 0 Å². The molecule has 1 aromatic carbocycles. The van der Waals surface area contributed by atoms with Crippen LogP contribution in [0.5, 0.6) is 0 Å². The number of rotatable bonds is 7. The molecule has 0 aliphatic heterocycles. The number of hydrogen-bond donors (Lipinski definition) is 1. The van der Waals surface area contributed by atoms with Crippen molar-refractivity contribution < 1.29 is 4.39 Å². The highest BCUT2D eigenvalue weighted by molar-refractivity contribution is 7.99. The van der Waals surface area contributed by atoms with E-state index in [1.54, 1.807) is 12.1 Å². The van der Waals surface area contributed by atoms with Crippen molar-refractivity contribution in [2.45, 2.75) is 26.3 Å². The van der Waals surface area contributed by atoms with Crippen molar-refractivity contribution in [3.63, 3.8) is 0 Å². The molecule has 0 aliphatic rings. The first-order valence-corrected chi connectivity index (χ1v) is 7.46. The van der Waals surface area contributed by atoms with Gasteiger partial charge in [-0.3, -0.25) is 0 Å². The Balaban J connectivity index is 2.70. The third-order valence-electron chi connectivity index (χ3n) is 2.53. The third-order valence-corrected chi connectivity index (χ3v) is 3.93.